The smallest absolute Gasteiger partial charge is 0.128 e. The lowest BCUT2D eigenvalue weighted by molar-refractivity contribution is 0.404. The summed E-state index contributed by atoms with van der Waals surface area (Å²) in [6.07, 6.45) is 3.56. The molecule has 0 radical (unpaired) electrons. The maximum absolute atomic E-state index is 5.59. The van der Waals surface area contributed by atoms with E-state index >= 15 is 0 Å². The molecule has 0 atom stereocenters. The highest BCUT2D eigenvalue weighted by Crippen LogP contribution is 2.33. The Morgan fingerprint density at radius 1 is 1.28 bits per heavy atom. The highest BCUT2D eigenvalue weighted by atomic mass is 16.5. The van der Waals surface area contributed by atoms with Crippen molar-refractivity contribution in [2.75, 3.05) is 20.8 Å². The number of methoxy groups -OCH3 is 2. The van der Waals surface area contributed by atoms with Crippen LogP contribution in [0.2, 0.25) is 0 Å². The van der Waals surface area contributed by atoms with E-state index in [-0.39, 0.29) is 0 Å². The molecule has 0 saturated heterocycles. The van der Waals surface area contributed by atoms with Gasteiger partial charge in [0.25, 0.3) is 0 Å². The van der Waals surface area contributed by atoms with Crippen LogP contribution in [0.25, 0.3) is 11.3 Å². The van der Waals surface area contributed by atoms with Gasteiger partial charge in [0.05, 0.1) is 32.4 Å². The summed E-state index contributed by atoms with van der Waals surface area (Å²) in [7, 11) is 3.29. The molecule has 2 rings (SSSR count). The predicted molar refractivity (Wildman–Crippen MR) is 69.8 cm³/mol. The summed E-state index contributed by atoms with van der Waals surface area (Å²) in [5.74, 6) is 1.57. The number of ether oxygens (including phenoxy) is 2. The number of benzene rings is 1. The largest absolute Gasteiger partial charge is 0.497 e. The molecule has 0 amide bonds. The van der Waals surface area contributed by atoms with Crippen LogP contribution >= 0.6 is 0 Å². The van der Waals surface area contributed by atoms with Gasteiger partial charge in [0.1, 0.15) is 11.5 Å². The van der Waals surface area contributed by atoms with Gasteiger partial charge in [-0.25, -0.2) is 4.98 Å². The van der Waals surface area contributed by atoms with Crippen LogP contribution in [0.15, 0.2) is 30.7 Å². The van der Waals surface area contributed by atoms with Crippen molar-refractivity contribution in [3.63, 3.8) is 0 Å². The molecule has 2 N–H and O–H groups in total. The third-order valence-electron chi connectivity index (χ3n) is 2.76. The summed E-state index contributed by atoms with van der Waals surface area (Å²) in [5, 5.41) is 0. The summed E-state index contributed by atoms with van der Waals surface area (Å²) in [6, 6.07) is 5.68. The third kappa shape index (κ3) is 2.31. The van der Waals surface area contributed by atoms with E-state index in [1.807, 2.05) is 22.8 Å². The molecule has 0 saturated carbocycles. The highest BCUT2D eigenvalue weighted by molar-refractivity contribution is 5.69. The molecule has 0 aliphatic carbocycles. The molecule has 5 heteroatoms. The van der Waals surface area contributed by atoms with Crippen molar-refractivity contribution in [1.82, 2.24) is 9.55 Å². The Bertz CT molecular complexity index is 523. The molecule has 18 heavy (non-hydrogen) atoms. The monoisotopic (exact) mass is 247 g/mol. The molecule has 1 heterocycles. The summed E-state index contributed by atoms with van der Waals surface area (Å²) >= 11 is 0. The van der Waals surface area contributed by atoms with E-state index in [0.29, 0.717) is 6.54 Å². The number of nitrogens with two attached hydrogens (primary N) is 1. The Morgan fingerprint density at radius 3 is 2.78 bits per heavy atom. The number of rotatable bonds is 5. The van der Waals surface area contributed by atoms with Crippen LogP contribution in [-0.2, 0) is 6.54 Å². The van der Waals surface area contributed by atoms with Gasteiger partial charge in [-0.3, -0.25) is 0 Å². The van der Waals surface area contributed by atoms with E-state index in [1.54, 1.807) is 26.7 Å². The fraction of sp³-hybridized carbons (Fsp3) is 0.308. The van der Waals surface area contributed by atoms with E-state index in [0.717, 1.165) is 29.3 Å². The van der Waals surface area contributed by atoms with Gasteiger partial charge in [0.2, 0.25) is 0 Å². The van der Waals surface area contributed by atoms with E-state index in [9.17, 15) is 0 Å². The molecular formula is C13H17N3O2. The highest BCUT2D eigenvalue weighted by Gasteiger charge is 2.11. The van der Waals surface area contributed by atoms with Gasteiger partial charge >= 0.3 is 0 Å². The molecule has 96 valence electrons. The Labute approximate surface area is 106 Å². The lowest BCUT2D eigenvalue weighted by atomic mass is 10.1. The van der Waals surface area contributed by atoms with Gasteiger partial charge in [-0.2, -0.15) is 0 Å². The lowest BCUT2D eigenvalue weighted by Gasteiger charge is -2.12. The average Bonchev–Trinajstić information content (AvgIpc) is 2.86. The summed E-state index contributed by atoms with van der Waals surface area (Å²) in [5.41, 5.74) is 7.50. The second kappa shape index (κ2) is 5.55. The first-order valence-corrected chi connectivity index (χ1v) is 5.72. The van der Waals surface area contributed by atoms with Crippen molar-refractivity contribution >= 4 is 0 Å². The van der Waals surface area contributed by atoms with Crippen molar-refractivity contribution in [2.24, 2.45) is 5.73 Å². The SMILES string of the molecule is COc1ccc(OC)c(-c2cncn2CCN)c1. The maximum atomic E-state index is 5.59. The summed E-state index contributed by atoms with van der Waals surface area (Å²) < 4.78 is 12.6. The molecule has 5 nitrogen and oxygen atoms in total. The van der Waals surface area contributed by atoms with Crippen molar-refractivity contribution in [3.8, 4) is 22.8 Å². The first kappa shape index (κ1) is 12.4. The zero-order chi connectivity index (χ0) is 13.0. The van der Waals surface area contributed by atoms with Gasteiger partial charge < -0.3 is 19.8 Å². The van der Waals surface area contributed by atoms with Crippen molar-refractivity contribution < 1.29 is 9.47 Å². The van der Waals surface area contributed by atoms with Crippen molar-refractivity contribution in [3.05, 3.63) is 30.7 Å². The molecule has 0 unspecified atom stereocenters. The molecule has 1 aromatic heterocycles. The molecule has 1 aromatic carbocycles. The fourth-order valence-corrected chi connectivity index (χ4v) is 1.88. The Morgan fingerprint density at radius 2 is 2.11 bits per heavy atom. The van der Waals surface area contributed by atoms with E-state index in [1.165, 1.54) is 0 Å². The number of aromatic nitrogens is 2. The number of hydrogen-bond acceptors (Lipinski definition) is 4. The first-order valence-electron chi connectivity index (χ1n) is 5.72. The normalized spacial score (nSPS) is 10.4. The standard InChI is InChI=1S/C13H17N3O2/c1-17-10-3-4-13(18-2)11(7-10)12-8-15-9-16(12)6-5-14/h3-4,7-9H,5-6,14H2,1-2H3. The van der Waals surface area contributed by atoms with Crippen LogP contribution < -0.4 is 15.2 Å². The van der Waals surface area contributed by atoms with Crippen LogP contribution in [0.1, 0.15) is 0 Å². The van der Waals surface area contributed by atoms with Crippen LogP contribution in [0, 0.1) is 0 Å². The van der Waals surface area contributed by atoms with Crippen LogP contribution in [-0.4, -0.2) is 30.3 Å². The summed E-state index contributed by atoms with van der Waals surface area (Å²) in [6.45, 7) is 1.28. The lowest BCUT2D eigenvalue weighted by Crippen LogP contribution is -2.10. The minimum atomic E-state index is 0.565. The quantitative estimate of drug-likeness (QED) is 0.870. The zero-order valence-corrected chi connectivity index (χ0v) is 10.6. The van der Waals surface area contributed by atoms with Crippen LogP contribution in [0.3, 0.4) is 0 Å². The number of nitrogens with zero attached hydrogens (tertiary/aromatic N) is 2. The molecule has 0 fully saturated rings. The summed E-state index contributed by atoms with van der Waals surface area (Å²) in [4.78, 5) is 4.16. The van der Waals surface area contributed by atoms with E-state index in [2.05, 4.69) is 4.98 Å². The molecule has 0 aliphatic rings. The molecule has 2 aromatic rings. The Kier molecular flexibility index (Phi) is 3.84. The predicted octanol–water partition coefficient (Wildman–Crippen LogP) is 1.53. The van der Waals surface area contributed by atoms with E-state index < -0.39 is 0 Å². The molecular weight excluding hydrogens is 230 g/mol. The van der Waals surface area contributed by atoms with Gasteiger partial charge in [-0.15, -0.1) is 0 Å². The van der Waals surface area contributed by atoms with Crippen LogP contribution in [0.4, 0.5) is 0 Å². The second-order valence-corrected chi connectivity index (χ2v) is 3.83. The van der Waals surface area contributed by atoms with Crippen molar-refractivity contribution in [2.45, 2.75) is 6.54 Å². The van der Waals surface area contributed by atoms with Gasteiger partial charge in [0, 0.05) is 18.7 Å². The zero-order valence-electron chi connectivity index (χ0n) is 10.6. The molecule has 0 aliphatic heterocycles. The van der Waals surface area contributed by atoms with Gasteiger partial charge in [0.15, 0.2) is 0 Å². The average molecular weight is 247 g/mol. The third-order valence-corrected chi connectivity index (χ3v) is 2.76. The minimum Gasteiger partial charge on any atom is -0.497 e. The first-order chi connectivity index (χ1) is 8.80. The minimum absolute atomic E-state index is 0.565. The fourth-order valence-electron chi connectivity index (χ4n) is 1.88. The van der Waals surface area contributed by atoms with E-state index in [4.69, 9.17) is 15.2 Å². The number of imidazole rings is 1. The van der Waals surface area contributed by atoms with Gasteiger partial charge in [-0.1, -0.05) is 0 Å². The maximum Gasteiger partial charge on any atom is 0.128 e. The van der Waals surface area contributed by atoms with Gasteiger partial charge in [-0.05, 0) is 18.2 Å². The van der Waals surface area contributed by atoms with Crippen LogP contribution in [0.5, 0.6) is 11.5 Å². The number of hydrogen-bond donors (Lipinski definition) is 1. The molecule has 0 bridgehead atoms. The van der Waals surface area contributed by atoms with Crippen molar-refractivity contribution in [1.29, 1.82) is 0 Å². The Hall–Kier alpha value is -2.01. The molecule has 0 spiro atoms. The topological polar surface area (TPSA) is 62.3 Å². The second-order valence-electron chi connectivity index (χ2n) is 3.83. The Balaban J connectivity index is 2.50.